The van der Waals surface area contributed by atoms with Crippen molar-refractivity contribution in [1.82, 2.24) is 9.80 Å². The zero-order valence-corrected chi connectivity index (χ0v) is 12.5. The van der Waals surface area contributed by atoms with Crippen LogP contribution in [0.15, 0.2) is 12.1 Å². The van der Waals surface area contributed by atoms with E-state index in [4.69, 9.17) is 4.74 Å². The first-order valence-electron chi connectivity index (χ1n) is 6.91. The SMILES string of the molecule is Cc1ccc(C(=O)N2CCC(N3C(=O)COC3=O)CC2)s1. The number of ether oxygens (including phenoxy) is 1. The fourth-order valence-electron chi connectivity index (χ4n) is 2.75. The maximum absolute atomic E-state index is 12.3. The molecule has 1 aromatic heterocycles. The highest BCUT2D eigenvalue weighted by molar-refractivity contribution is 7.13. The van der Waals surface area contributed by atoms with Crippen LogP contribution in [0.3, 0.4) is 0 Å². The molecule has 0 radical (unpaired) electrons. The largest absolute Gasteiger partial charge is 0.439 e. The summed E-state index contributed by atoms with van der Waals surface area (Å²) < 4.78 is 4.74. The molecule has 0 unspecified atom stereocenters. The first-order valence-corrected chi connectivity index (χ1v) is 7.72. The van der Waals surface area contributed by atoms with Crippen molar-refractivity contribution in [2.45, 2.75) is 25.8 Å². The minimum Gasteiger partial charge on any atom is -0.439 e. The van der Waals surface area contributed by atoms with Gasteiger partial charge in [-0.05, 0) is 31.9 Å². The number of piperidine rings is 1. The molecule has 1 aromatic rings. The van der Waals surface area contributed by atoms with Crippen LogP contribution >= 0.6 is 11.3 Å². The van der Waals surface area contributed by atoms with Crippen molar-refractivity contribution in [3.8, 4) is 0 Å². The fourth-order valence-corrected chi connectivity index (χ4v) is 3.58. The summed E-state index contributed by atoms with van der Waals surface area (Å²) in [6.45, 7) is 2.92. The molecule has 7 heteroatoms. The number of amides is 3. The van der Waals surface area contributed by atoms with Crippen molar-refractivity contribution in [2.24, 2.45) is 0 Å². The van der Waals surface area contributed by atoms with Gasteiger partial charge in [0.2, 0.25) is 0 Å². The van der Waals surface area contributed by atoms with E-state index in [1.54, 1.807) is 4.90 Å². The molecular formula is C14H16N2O4S. The second-order valence-electron chi connectivity index (χ2n) is 5.25. The summed E-state index contributed by atoms with van der Waals surface area (Å²) in [7, 11) is 0. The van der Waals surface area contributed by atoms with Crippen LogP contribution in [0.4, 0.5) is 4.79 Å². The zero-order chi connectivity index (χ0) is 15.0. The van der Waals surface area contributed by atoms with Crippen molar-refractivity contribution in [3.05, 3.63) is 21.9 Å². The molecule has 0 saturated carbocycles. The van der Waals surface area contributed by atoms with Crippen molar-refractivity contribution in [2.75, 3.05) is 19.7 Å². The maximum Gasteiger partial charge on any atom is 0.417 e. The average Bonchev–Trinajstić information content (AvgIpc) is 3.05. The Labute approximate surface area is 126 Å². The normalized spacial score (nSPS) is 20.0. The number of imide groups is 1. The van der Waals surface area contributed by atoms with E-state index in [0.717, 1.165) is 9.75 Å². The Morgan fingerprint density at radius 3 is 2.52 bits per heavy atom. The molecule has 3 heterocycles. The Bertz CT molecular complexity index is 574. The monoisotopic (exact) mass is 308 g/mol. The van der Waals surface area contributed by atoms with E-state index in [2.05, 4.69) is 0 Å². The van der Waals surface area contributed by atoms with E-state index >= 15 is 0 Å². The Morgan fingerprint density at radius 2 is 2.00 bits per heavy atom. The highest BCUT2D eigenvalue weighted by Crippen LogP contribution is 2.23. The van der Waals surface area contributed by atoms with Crippen LogP contribution < -0.4 is 0 Å². The van der Waals surface area contributed by atoms with E-state index in [0.29, 0.717) is 25.9 Å². The minimum absolute atomic E-state index is 0.0295. The molecule has 0 aromatic carbocycles. The molecule has 0 bridgehead atoms. The van der Waals surface area contributed by atoms with Gasteiger partial charge in [-0.25, -0.2) is 9.69 Å². The first-order chi connectivity index (χ1) is 10.1. The van der Waals surface area contributed by atoms with Crippen LogP contribution in [-0.2, 0) is 9.53 Å². The van der Waals surface area contributed by atoms with Gasteiger partial charge in [0, 0.05) is 24.0 Å². The summed E-state index contributed by atoms with van der Waals surface area (Å²) in [6.07, 6.45) is 0.659. The van der Waals surface area contributed by atoms with Crippen LogP contribution in [0.2, 0.25) is 0 Å². The third-order valence-electron chi connectivity index (χ3n) is 3.85. The summed E-state index contributed by atoms with van der Waals surface area (Å²) in [5.74, 6) is -0.250. The predicted octanol–water partition coefficient (Wildman–Crippen LogP) is 1.64. The van der Waals surface area contributed by atoms with E-state index < -0.39 is 6.09 Å². The van der Waals surface area contributed by atoms with Gasteiger partial charge in [0.15, 0.2) is 6.61 Å². The standard InChI is InChI=1S/C14H16N2O4S/c1-9-2-3-11(21-9)13(18)15-6-4-10(5-7-15)16-12(17)8-20-14(16)19/h2-3,10H,4-8H2,1H3. The van der Waals surface area contributed by atoms with Gasteiger partial charge in [-0.1, -0.05) is 0 Å². The summed E-state index contributed by atoms with van der Waals surface area (Å²) in [5.41, 5.74) is 0. The van der Waals surface area contributed by atoms with E-state index in [1.165, 1.54) is 16.2 Å². The number of hydrogen-bond acceptors (Lipinski definition) is 5. The quantitative estimate of drug-likeness (QED) is 0.833. The molecule has 21 heavy (non-hydrogen) atoms. The fraction of sp³-hybridized carbons (Fsp3) is 0.500. The van der Waals surface area contributed by atoms with Crippen LogP contribution in [-0.4, -0.2) is 53.4 Å². The first kappa shape index (κ1) is 14.1. The van der Waals surface area contributed by atoms with Gasteiger partial charge in [0.25, 0.3) is 11.8 Å². The average molecular weight is 308 g/mol. The van der Waals surface area contributed by atoms with Crippen molar-refractivity contribution in [3.63, 3.8) is 0 Å². The summed E-state index contributed by atoms with van der Waals surface area (Å²) in [5, 5.41) is 0. The van der Waals surface area contributed by atoms with Crippen LogP contribution in [0, 0.1) is 6.92 Å². The van der Waals surface area contributed by atoms with Crippen molar-refractivity contribution in [1.29, 1.82) is 0 Å². The lowest BCUT2D eigenvalue weighted by molar-refractivity contribution is -0.127. The maximum atomic E-state index is 12.3. The molecule has 0 N–H and O–H groups in total. The number of aryl methyl sites for hydroxylation is 1. The topological polar surface area (TPSA) is 66.9 Å². The number of carbonyl (C=O) groups excluding carboxylic acids is 3. The summed E-state index contributed by atoms with van der Waals surface area (Å²) in [4.78, 5) is 40.3. The zero-order valence-electron chi connectivity index (χ0n) is 11.7. The van der Waals surface area contributed by atoms with Gasteiger partial charge < -0.3 is 9.64 Å². The highest BCUT2D eigenvalue weighted by atomic mass is 32.1. The van der Waals surface area contributed by atoms with E-state index in [9.17, 15) is 14.4 Å². The molecule has 3 amide bonds. The lowest BCUT2D eigenvalue weighted by atomic mass is 10.0. The molecule has 6 nitrogen and oxygen atoms in total. The molecule has 0 atom stereocenters. The lowest BCUT2D eigenvalue weighted by Gasteiger charge is -2.34. The number of nitrogens with zero attached hydrogens (tertiary/aromatic N) is 2. The van der Waals surface area contributed by atoms with Gasteiger partial charge >= 0.3 is 6.09 Å². The smallest absolute Gasteiger partial charge is 0.417 e. The molecule has 0 spiro atoms. The molecule has 3 rings (SSSR count). The van der Waals surface area contributed by atoms with Gasteiger partial charge in [-0.15, -0.1) is 11.3 Å². The molecule has 112 valence electrons. The summed E-state index contributed by atoms with van der Waals surface area (Å²) in [6, 6.07) is 3.63. The minimum atomic E-state index is -0.557. The second kappa shape index (κ2) is 5.48. The van der Waals surface area contributed by atoms with Crippen molar-refractivity contribution < 1.29 is 19.1 Å². The highest BCUT2D eigenvalue weighted by Gasteiger charge is 2.39. The van der Waals surface area contributed by atoms with Crippen LogP contribution in [0.5, 0.6) is 0 Å². The van der Waals surface area contributed by atoms with Gasteiger partial charge in [-0.2, -0.15) is 0 Å². The Hall–Kier alpha value is -1.89. The molecule has 2 aliphatic heterocycles. The number of likely N-dealkylation sites (tertiary alicyclic amines) is 1. The molecule has 0 aliphatic carbocycles. The second-order valence-corrected chi connectivity index (χ2v) is 6.54. The van der Waals surface area contributed by atoms with E-state index in [-0.39, 0.29) is 24.5 Å². The number of carbonyl (C=O) groups is 3. The number of thiophene rings is 1. The summed E-state index contributed by atoms with van der Waals surface area (Å²) >= 11 is 1.49. The van der Waals surface area contributed by atoms with Gasteiger partial charge in [0.05, 0.1) is 4.88 Å². The van der Waals surface area contributed by atoms with Gasteiger partial charge in [0.1, 0.15) is 0 Å². The molecule has 2 aliphatic rings. The third kappa shape index (κ3) is 2.65. The lowest BCUT2D eigenvalue weighted by Crippen LogP contribution is -2.48. The Kier molecular flexibility index (Phi) is 3.67. The third-order valence-corrected chi connectivity index (χ3v) is 4.84. The Balaban J connectivity index is 1.61. The number of rotatable bonds is 2. The number of cyclic esters (lactones) is 1. The van der Waals surface area contributed by atoms with Gasteiger partial charge in [-0.3, -0.25) is 9.59 Å². The van der Waals surface area contributed by atoms with Crippen LogP contribution in [0.1, 0.15) is 27.4 Å². The molecule has 2 fully saturated rings. The van der Waals surface area contributed by atoms with E-state index in [1.807, 2.05) is 19.1 Å². The molecular weight excluding hydrogens is 292 g/mol. The van der Waals surface area contributed by atoms with Crippen LogP contribution in [0.25, 0.3) is 0 Å². The van der Waals surface area contributed by atoms with Crippen molar-refractivity contribution >= 4 is 29.2 Å². The predicted molar refractivity (Wildman–Crippen MR) is 76.2 cm³/mol. The molecule has 2 saturated heterocycles. The number of hydrogen-bond donors (Lipinski definition) is 0. The Morgan fingerprint density at radius 1 is 1.29 bits per heavy atom.